The molecule has 3 heterocycles. The number of fused-ring (bicyclic) bond motifs is 2. The molecule has 0 aliphatic carbocycles. The minimum absolute atomic E-state index is 0.224. The number of amides is 1. The topological polar surface area (TPSA) is 97.4 Å². The molecule has 0 unspecified atom stereocenters. The van der Waals surface area contributed by atoms with Gasteiger partial charge in [-0.25, -0.2) is 4.68 Å². The summed E-state index contributed by atoms with van der Waals surface area (Å²) in [5.74, 6) is 0.177. The highest BCUT2D eigenvalue weighted by Gasteiger charge is 2.15. The van der Waals surface area contributed by atoms with E-state index in [1.54, 1.807) is 45.8 Å². The van der Waals surface area contributed by atoms with Crippen LogP contribution in [-0.4, -0.2) is 44.4 Å². The molecule has 4 rings (SSSR count). The molecule has 0 fully saturated rings. The Bertz CT molecular complexity index is 1260. The summed E-state index contributed by atoms with van der Waals surface area (Å²) in [6, 6.07) is 8.43. The van der Waals surface area contributed by atoms with Gasteiger partial charge in [-0.1, -0.05) is 11.6 Å². The van der Waals surface area contributed by atoms with E-state index in [1.807, 2.05) is 14.1 Å². The van der Waals surface area contributed by atoms with E-state index in [0.29, 0.717) is 32.9 Å². The molecule has 0 saturated heterocycles. The van der Waals surface area contributed by atoms with Crippen LogP contribution in [0.25, 0.3) is 16.4 Å². The second kappa shape index (κ2) is 6.93. The highest BCUT2D eigenvalue weighted by Crippen LogP contribution is 2.24. The predicted molar refractivity (Wildman–Crippen MR) is 107 cm³/mol. The van der Waals surface area contributed by atoms with Crippen molar-refractivity contribution in [1.82, 2.24) is 24.4 Å². The van der Waals surface area contributed by atoms with E-state index in [-0.39, 0.29) is 18.0 Å². The van der Waals surface area contributed by atoms with E-state index in [0.717, 1.165) is 4.68 Å². The summed E-state index contributed by atoms with van der Waals surface area (Å²) in [6.45, 7) is -0.224. The lowest BCUT2D eigenvalue weighted by Crippen LogP contribution is -2.31. The zero-order valence-corrected chi connectivity index (χ0v) is 15.9. The Labute approximate surface area is 164 Å². The maximum Gasteiger partial charge on any atom is 0.275 e. The molecule has 1 amide bonds. The average molecular weight is 398 g/mol. The first kappa shape index (κ1) is 17.9. The third kappa shape index (κ3) is 3.27. The molecule has 1 N–H and O–H groups in total. The molecular weight excluding hydrogens is 382 g/mol. The summed E-state index contributed by atoms with van der Waals surface area (Å²) in [4.78, 5) is 27.0. The zero-order chi connectivity index (χ0) is 19.8. The Morgan fingerprint density at radius 3 is 2.82 bits per heavy atom. The quantitative estimate of drug-likeness (QED) is 0.564. The molecule has 0 saturated carbocycles. The second-order valence-corrected chi connectivity index (χ2v) is 6.87. The van der Waals surface area contributed by atoms with Gasteiger partial charge in [0.1, 0.15) is 12.9 Å². The minimum Gasteiger partial charge on any atom is -0.361 e. The van der Waals surface area contributed by atoms with Gasteiger partial charge in [-0.3, -0.25) is 14.0 Å². The average Bonchev–Trinajstić information content (AvgIpc) is 3.11. The van der Waals surface area contributed by atoms with Crippen LogP contribution >= 0.6 is 11.6 Å². The number of rotatable bonds is 4. The molecule has 142 valence electrons. The van der Waals surface area contributed by atoms with Gasteiger partial charge < -0.3 is 10.2 Å². The minimum atomic E-state index is -0.375. The Balaban J connectivity index is 1.66. The van der Waals surface area contributed by atoms with Gasteiger partial charge in [0.2, 0.25) is 5.91 Å². The van der Waals surface area contributed by atoms with Crippen molar-refractivity contribution < 1.29 is 4.79 Å². The lowest BCUT2D eigenvalue weighted by Gasteiger charge is -2.16. The van der Waals surface area contributed by atoms with Crippen LogP contribution in [0.2, 0.25) is 5.02 Å². The summed E-state index contributed by atoms with van der Waals surface area (Å²) in [7, 11) is 3.62. The molecule has 0 aliphatic heterocycles. The molecule has 0 spiro atoms. The van der Waals surface area contributed by atoms with Gasteiger partial charge in [-0.2, -0.15) is 5.10 Å². The van der Waals surface area contributed by atoms with Crippen molar-refractivity contribution >= 4 is 45.4 Å². The Morgan fingerprint density at radius 1 is 1.21 bits per heavy atom. The third-order valence-corrected chi connectivity index (χ3v) is 4.43. The second-order valence-electron chi connectivity index (χ2n) is 6.43. The van der Waals surface area contributed by atoms with E-state index in [9.17, 15) is 9.59 Å². The van der Waals surface area contributed by atoms with Gasteiger partial charge in [0.05, 0.1) is 11.1 Å². The van der Waals surface area contributed by atoms with Crippen LogP contribution in [0.5, 0.6) is 0 Å². The molecule has 0 aliphatic rings. The largest absolute Gasteiger partial charge is 0.361 e. The van der Waals surface area contributed by atoms with Crippen molar-refractivity contribution in [2.24, 2.45) is 0 Å². The van der Waals surface area contributed by atoms with Crippen molar-refractivity contribution in [3.05, 3.63) is 58.2 Å². The van der Waals surface area contributed by atoms with Crippen LogP contribution in [0.4, 0.5) is 11.5 Å². The fourth-order valence-electron chi connectivity index (χ4n) is 2.92. The summed E-state index contributed by atoms with van der Waals surface area (Å²) >= 11 is 6.07. The number of benzene rings is 1. The van der Waals surface area contributed by atoms with E-state index in [1.165, 1.54) is 6.33 Å². The smallest absolute Gasteiger partial charge is 0.275 e. The summed E-state index contributed by atoms with van der Waals surface area (Å²) in [6.07, 6.45) is 3.23. The van der Waals surface area contributed by atoms with Gasteiger partial charge in [-0.15, -0.1) is 10.2 Å². The fourth-order valence-corrected chi connectivity index (χ4v) is 3.09. The number of halogens is 1. The monoisotopic (exact) mass is 397 g/mol. The molecule has 28 heavy (non-hydrogen) atoms. The van der Waals surface area contributed by atoms with Crippen LogP contribution in [0, 0.1) is 0 Å². The number of anilines is 2. The zero-order valence-electron chi connectivity index (χ0n) is 15.1. The molecule has 1 aromatic carbocycles. The third-order valence-electron chi connectivity index (χ3n) is 4.19. The van der Waals surface area contributed by atoms with E-state index < -0.39 is 0 Å². The Kier molecular flexibility index (Phi) is 4.44. The number of pyridine rings is 1. The summed E-state index contributed by atoms with van der Waals surface area (Å²) < 4.78 is 2.84. The van der Waals surface area contributed by atoms with Crippen LogP contribution in [-0.2, 0) is 11.3 Å². The highest BCUT2D eigenvalue weighted by molar-refractivity contribution is 6.31. The predicted octanol–water partition coefficient (Wildman–Crippen LogP) is 1.80. The van der Waals surface area contributed by atoms with Crippen molar-refractivity contribution in [2.75, 3.05) is 24.3 Å². The standard InChI is InChI=1S/C18H16ClN7O2/c1-24(2)17-14-7-11(19)3-5-13(14)18(28)26(23-17)9-16(27)21-12-4-6-15-22-20-10-25(15)8-12/h3-8,10H,9H2,1-2H3,(H,21,27). The molecule has 9 nitrogen and oxygen atoms in total. The normalized spacial score (nSPS) is 11.1. The molecule has 0 radical (unpaired) electrons. The molecular formula is C18H16ClN7O2. The summed E-state index contributed by atoms with van der Waals surface area (Å²) in [5.41, 5.74) is 0.868. The first-order valence-electron chi connectivity index (χ1n) is 8.39. The number of hydrogen-bond donors (Lipinski definition) is 1. The fraction of sp³-hybridized carbons (Fsp3) is 0.167. The lowest BCUT2D eigenvalue weighted by molar-refractivity contribution is -0.117. The van der Waals surface area contributed by atoms with Gasteiger partial charge in [-0.05, 0) is 30.3 Å². The molecule has 0 atom stereocenters. The first-order valence-corrected chi connectivity index (χ1v) is 8.77. The van der Waals surface area contributed by atoms with Gasteiger partial charge in [0.25, 0.3) is 5.56 Å². The maximum absolute atomic E-state index is 12.8. The van der Waals surface area contributed by atoms with Gasteiger partial charge >= 0.3 is 0 Å². The van der Waals surface area contributed by atoms with Crippen LogP contribution in [0.3, 0.4) is 0 Å². The first-order chi connectivity index (χ1) is 13.4. The van der Waals surface area contributed by atoms with Crippen LogP contribution < -0.4 is 15.8 Å². The molecule has 3 aromatic heterocycles. The lowest BCUT2D eigenvalue weighted by atomic mass is 10.2. The van der Waals surface area contributed by atoms with Gasteiger partial charge in [0, 0.05) is 30.7 Å². The number of hydrogen-bond acceptors (Lipinski definition) is 6. The molecule has 10 heteroatoms. The Morgan fingerprint density at radius 2 is 2.04 bits per heavy atom. The molecule has 4 aromatic rings. The van der Waals surface area contributed by atoms with Crippen molar-refractivity contribution in [3.63, 3.8) is 0 Å². The van der Waals surface area contributed by atoms with E-state index in [4.69, 9.17) is 11.6 Å². The number of aromatic nitrogens is 5. The number of carbonyl (C=O) groups excluding carboxylic acids is 1. The van der Waals surface area contributed by atoms with Crippen molar-refractivity contribution in [2.45, 2.75) is 6.54 Å². The Hall–Kier alpha value is -3.46. The van der Waals surface area contributed by atoms with E-state index >= 15 is 0 Å². The van der Waals surface area contributed by atoms with Crippen molar-refractivity contribution in [1.29, 1.82) is 0 Å². The maximum atomic E-state index is 12.8. The number of carbonyl (C=O) groups is 1. The van der Waals surface area contributed by atoms with Crippen molar-refractivity contribution in [3.8, 4) is 0 Å². The van der Waals surface area contributed by atoms with Crippen LogP contribution in [0.1, 0.15) is 0 Å². The van der Waals surface area contributed by atoms with Crippen LogP contribution in [0.15, 0.2) is 47.7 Å². The SMILES string of the molecule is CN(C)c1nn(CC(=O)Nc2ccc3nncn3c2)c(=O)c2ccc(Cl)cc12. The number of nitrogens with zero attached hydrogens (tertiary/aromatic N) is 6. The number of nitrogens with one attached hydrogen (secondary N) is 1. The molecule has 0 bridgehead atoms. The summed E-state index contributed by atoms with van der Waals surface area (Å²) in [5, 5.41) is 16.4. The van der Waals surface area contributed by atoms with E-state index in [2.05, 4.69) is 20.6 Å². The highest BCUT2D eigenvalue weighted by atomic mass is 35.5. The van der Waals surface area contributed by atoms with Gasteiger partial charge in [0.15, 0.2) is 11.5 Å².